The molecule has 1 aromatic carbocycles. The van der Waals surface area contributed by atoms with Gasteiger partial charge in [-0.25, -0.2) is 8.42 Å². The van der Waals surface area contributed by atoms with Crippen molar-refractivity contribution in [2.45, 2.75) is 19.1 Å². The van der Waals surface area contributed by atoms with Gasteiger partial charge in [0, 0.05) is 31.5 Å². The molecule has 0 aliphatic carbocycles. The van der Waals surface area contributed by atoms with Gasteiger partial charge < -0.3 is 25.1 Å². The zero-order valence-electron chi connectivity index (χ0n) is 20.6. The normalized spacial score (nSPS) is 13.1. The van der Waals surface area contributed by atoms with Crippen LogP contribution in [0, 0.1) is 11.3 Å². The summed E-state index contributed by atoms with van der Waals surface area (Å²) in [6.45, 7) is 4.22. The van der Waals surface area contributed by atoms with Gasteiger partial charge in [-0.15, -0.1) is 0 Å². The third-order valence-corrected chi connectivity index (χ3v) is 8.29. The number of rotatable bonds is 8. The first-order chi connectivity index (χ1) is 17.8. The lowest BCUT2D eigenvalue weighted by Gasteiger charge is -2.24. The number of aromatic nitrogens is 5. The highest BCUT2D eigenvalue weighted by Gasteiger charge is 2.24. The summed E-state index contributed by atoms with van der Waals surface area (Å²) in [5.74, 6) is 1.62. The van der Waals surface area contributed by atoms with Gasteiger partial charge in [-0.3, -0.25) is 4.68 Å². The van der Waals surface area contributed by atoms with Gasteiger partial charge in [0.1, 0.15) is 30.7 Å². The number of nitrogens with zero attached hydrogens (tertiary/aromatic N) is 5. The summed E-state index contributed by atoms with van der Waals surface area (Å²) in [4.78, 5) is 12.1. The maximum absolute atomic E-state index is 12.3. The molecule has 5 rings (SSSR count). The van der Waals surface area contributed by atoms with Crippen molar-refractivity contribution in [3.05, 3.63) is 36.2 Å². The number of ether oxygens (including phenoxy) is 2. The fourth-order valence-electron chi connectivity index (χ4n) is 4.05. The zero-order chi connectivity index (χ0) is 26.2. The van der Waals surface area contributed by atoms with E-state index in [0.29, 0.717) is 52.8 Å². The topological polar surface area (TPSA) is 160 Å². The van der Waals surface area contributed by atoms with Crippen LogP contribution >= 0.6 is 0 Å². The van der Waals surface area contributed by atoms with Crippen LogP contribution in [0.5, 0.6) is 11.5 Å². The fraction of sp³-hybridized carbons (Fsp3) is 0.333. The molecule has 0 bridgehead atoms. The van der Waals surface area contributed by atoms with Crippen molar-refractivity contribution < 1.29 is 17.9 Å². The predicted octanol–water partition coefficient (Wildman–Crippen LogP) is 2.98. The van der Waals surface area contributed by atoms with Crippen LogP contribution in [0.25, 0.3) is 22.3 Å². The van der Waals surface area contributed by atoms with E-state index in [1.807, 2.05) is 25.2 Å². The van der Waals surface area contributed by atoms with E-state index >= 15 is 0 Å². The number of H-pyrrole nitrogens is 1. The van der Waals surface area contributed by atoms with E-state index in [2.05, 4.69) is 36.8 Å². The molecule has 0 atom stereocenters. The minimum atomic E-state index is -3.25. The standard InChI is InChI=1S/C24H26N8O4S/c1-14(2)37(33,34)11-8-26-22-19-15(12-25)13-27-23(19)31-24(30-22)29-17-5-4-16(18-6-7-28-32(18)3)20-21(17)36-10-9-35-20/h4-7,13-14H,8-11H2,1-3H3,(H3,26,27,29,30,31). The number of sulfone groups is 1. The van der Waals surface area contributed by atoms with Crippen LogP contribution in [-0.2, 0) is 16.9 Å². The van der Waals surface area contributed by atoms with E-state index in [1.165, 1.54) is 0 Å². The first kappa shape index (κ1) is 24.4. The van der Waals surface area contributed by atoms with E-state index in [4.69, 9.17) is 9.47 Å². The van der Waals surface area contributed by atoms with Crippen LogP contribution in [0.3, 0.4) is 0 Å². The predicted molar refractivity (Wildman–Crippen MR) is 139 cm³/mol. The lowest BCUT2D eigenvalue weighted by molar-refractivity contribution is 0.173. The van der Waals surface area contributed by atoms with Crippen LogP contribution < -0.4 is 20.1 Å². The second-order valence-corrected chi connectivity index (χ2v) is 11.4. The van der Waals surface area contributed by atoms with Gasteiger partial charge in [0.05, 0.1) is 33.3 Å². The largest absolute Gasteiger partial charge is 0.485 e. The van der Waals surface area contributed by atoms with Crippen molar-refractivity contribution in [1.82, 2.24) is 24.7 Å². The van der Waals surface area contributed by atoms with Gasteiger partial charge in [-0.1, -0.05) is 0 Å². The molecule has 0 saturated carbocycles. The summed E-state index contributed by atoms with van der Waals surface area (Å²) < 4.78 is 38.2. The van der Waals surface area contributed by atoms with Gasteiger partial charge >= 0.3 is 0 Å². The highest BCUT2D eigenvalue weighted by Crippen LogP contribution is 2.45. The Kier molecular flexibility index (Phi) is 6.34. The Hall–Kier alpha value is -4.31. The third kappa shape index (κ3) is 4.63. The molecule has 13 heteroatoms. The second kappa shape index (κ2) is 9.62. The van der Waals surface area contributed by atoms with Gasteiger partial charge in [0.15, 0.2) is 21.3 Å². The fourth-order valence-corrected chi connectivity index (χ4v) is 4.91. The highest BCUT2D eigenvalue weighted by molar-refractivity contribution is 7.92. The summed E-state index contributed by atoms with van der Waals surface area (Å²) >= 11 is 0. The Morgan fingerprint density at radius 1 is 1.19 bits per heavy atom. The average Bonchev–Trinajstić information content (AvgIpc) is 3.50. The van der Waals surface area contributed by atoms with Crippen LogP contribution in [0.2, 0.25) is 0 Å². The third-order valence-electron chi connectivity index (χ3n) is 6.08. The van der Waals surface area contributed by atoms with E-state index < -0.39 is 15.1 Å². The van der Waals surface area contributed by atoms with Crippen molar-refractivity contribution in [2.75, 3.05) is 36.1 Å². The molecule has 37 heavy (non-hydrogen) atoms. The molecule has 4 heterocycles. The first-order valence-electron chi connectivity index (χ1n) is 11.7. The molecule has 1 aliphatic rings. The van der Waals surface area contributed by atoms with Crippen molar-refractivity contribution in [1.29, 1.82) is 5.26 Å². The lowest BCUT2D eigenvalue weighted by atomic mass is 10.1. The van der Waals surface area contributed by atoms with Crippen LogP contribution in [0.15, 0.2) is 30.6 Å². The van der Waals surface area contributed by atoms with E-state index in [1.54, 1.807) is 30.9 Å². The molecule has 0 saturated heterocycles. The van der Waals surface area contributed by atoms with Crippen molar-refractivity contribution in [3.63, 3.8) is 0 Å². The number of hydrogen-bond acceptors (Lipinski definition) is 10. The summed E-state index contributed by atoms with van der Waals surface area (Å²) in [5.41, 5.74) is 3.10. The minimum absolute atomic E-state index is 0.0700. The molecule has 192 valence electrons. The SMILES string of the molecule is CC(C)S(=O)(=O)CCNc1nc(Nc2ccc(-c3ccnn3C)c3c2OCCO3)nc2[nH]cc(C#N)c12. The Morgan fingerprint density at radius 3 is 2.68 bits per heavy atom. The molecule has 0 radical (unpaired) electrons. The molecule has 3 N–H and O–H groups in total. The van der Waals surface area contributed by atoms with Crippen molar-refractivity contribution >= 4 is 38.3 Å². The number of nitriles is 1. The summed E-state index contributed by atoms with van der Waals surface area (Å²) in [6.07, 6.45) is 3.26. The quantitative estimate of drug-likeness (QED) is 0.314. The maximum atomic E-state index is 12.3. The monoisotopic (exact) mass is 522 g/mol. The van der Waals surface area contributed by atoms with Gasteiger partial charge in [-0.05, 0) is 32.0 Å². The molecule has 3 aromatic heterocycles. The maximum Gasteiger partial charge on any atom is 0.231 e. The van der Waals surface area contributed by atoms with E-state index in [-0.39, 0.29) is 18.2 Å². The van der Waals surface area contributed by atoms with Crippen LogP contribution in [0.4, 0.5) is 17.5 Å². The smallest absolute Gasteiger partial charge is 0.231 e. The summed E-state index contributed by atoms with van der Waals surface area (Å²) in [5, 5.41) is 20.1. The molecular weight excluding hydrogens is 496 g/mol. The lowest BCUT2D eigenvalue weighted by Crippen LogP contribution is -2.23. The number of benzene rings is 1. The zero-order valence-corrected chi connectivity index (χ0v) is 21.4. The molecule has 4 aromatic rings. The molecule has 0 unspecified atom stereocenters. The van der Waals surface area contributed by atoms with E-state index in [0.717, 1.165) is 11.3 Å². The Balaban J connectivity index is 1.50. The Bertz CT molecular complexity index is 1620. The molecule has 12 nitrogen and oxygen atoms in total. The number of anilines is 3. The molecule has 0 spiro atoms. The average molecular weight is 523 g/mol. The summed E-state index contributed by atoms with van der Waals surface area (Å²) in [6, 6.07) is 7.77. The van der Waals surface area contributed by atoms with Crippen molar-refractivity contribution in [2.24, 2.45) is 7.05 Å². The van der Waals surface area contributed by atoms with Crippen LogP contribution in [-0.4, -0.2) is 63.9 Å². The number of hydrogen-bond donors (Lipinski definition) is 3. The number of nitrogens with one attached hydrogen (secondary N) is 3. The van der Waals surface area contributed by atoms with Crippen LogP contribution in [0.1, 0.15) is 19.4 Å². The minimum Gasteiger partial charge on any atom is -0.485 e. The van der Waals surface area contributed by atoms with Gasteiger partial charge in [-0.2, -0.15) is 20.3 Å². The number of fused-ring (bicyclic) bond motifs is 2. The molecule has 0 fully saturated rings. The molecule has 1 aliphatic heterocycles. The second-order valence-electron chi connectivity index (χ2n) is 8.76. The Morgan fingerprint density at radius 2 is 1.97 bits per heavy atom. The van der Waals surface area contributed by atoms with Gasteiger partial charge in [0.25, 0.3) is 0 Å². The first-order valence-corrected chi connectivity index (χ1v) is 13.4. The number of aryl methyl sites for hydroxylation is 1. The summed E-state index contributed by atoms with van der Waals surface area (Å²) in [7, 11) is -1.40. The van der Waals surface area contributed by atoms with Crippen molar-refractivity contribution in [3.8, 4) is 28.8 Å². The van der Waals surface area contributed by atoms with E-state index in [9.17, 15) is 13.7 Å². The Labute approximate surface area is 213 Å². The highest BCUT2D eigenvalue weighted by atomic mass is 32.2. The molecule has 0 amide bonds. The molecular formula is C24H26N8O4S. The van der Waals surface area contributed by atoms with Gasteiger partial charge in [0.2, 0.25) is 5.95 Å². The number of aromatic amines is 1.